The molecule has 0 unspecified atom stereocenters. The second-order valence-electron chi connectivity index (χ2n) is 4.94. The molecule has 1 aliphatic rings. The monoisotopic (exact) mass is 291 g/mol. The summed E-state index contributed by atoms with van der Waals surface area (Å²) in [5, 5.41) is 7.68. The molecule has 0 saturated heterocycles. The molecule has 2 aromatic heterocycles. The van der Waals surface area contributed by atoms with Crippen molar-refractivity contribution in [3.63, 3.8) is 0 Å². The van der Waals surface area contributed by atoms with Gasteiger partial charge in [-0.2, -0.15) is 0 Å². The molecule has 1 aliphatic heterocycles. The molecular weight excluding hydrogens is 274 g/mol. The van der Waals surface area contributed by atoms with E-state index in [4.69, 9.17) is 0 Å². The highest BCUT2D eigenvalue weighted by Gasteiger charge is 2.19. The molecule has 0 radical (unpaired) electrons. The average Bonchev–Trinajstić information content (AvgIpc) is 3.13. The van der Waals surface area contributed by atoms with Crippen LogP contribution in [0.4, 0.5) is 4.79 Å². The number of urea groups is 1. The highest BCUT2D eigenvalue weighted by molar-refractivity contribution is 7.07. The van der Waals surface area contributed by atoms with Crippen LogP contribution in [-0.2, 0) is 19.5 Å². The lowest BCUT2D eigenvalue weighted by molar-refractivity contribution is 0.236. The highest BCUT2D eigenvalue weighted by Crippen LogP contribution is 2.17. The molecule has 20 heavy (non-hydrogen) atoms. The first-order valence-electron chi connectivity index (χ1n) is 6.70. The van der Waals surface area contributed by atoms with Crippen molar-refractivity contribution < 1.29 is 4.79 Å². The predicted octanol–water partition coefficient (Wildman–Crippen LogP) is 1.40. The number of carbonyl (C=O) groups excluding carboxylic acids is 1. The van der Waals surface area contributed by atoms with E-state index in [1.807, 2.05) is 17.8 Å². The zero-order valence-electron chi connectivity index (χ0n) is 11.1. The van der Waals surface area contributed by atoms with Gasteiger partial charge in [0.15, 0.2) is 0 Å². The number of nitrogens with zero attached hydrogens (tertiary/aromatic N) is 3. The first-order chi connectivity index (χ1) is 9.81. The van der Waals surface area contributed by atoms with Crippen molar-refractivity contribution in [3.05, 3.63) is 34.8 Å². The number of fused-ring (bicyclic) bond motifs is 1. The Morgan fingerprint density at radius 3 is 3.25 bits per heavy atom. The molecular formula is C13H17N5OS. The molecule has 0 saturated carbocycles. The molecule has 1 atom stereocenters. The van der Waals surface area contributed by atoms with E-state index in [1.165, 1.54) is 11.3 Å². The van der Waals surface area contributed by atoms with Gasteiger partial charge in [0.2, 0.25) is 0 Å². The second-order valence-corrected chi connectivity index (χ2v) is 5.66. The molecule has 0 fully saturated rings. The number of hydrogen-bond acceptors (Lipinski definition) is 4. The van der Waals surface area contributed by atoms with Gasteiger partial charge in [-0.1, -0.05) is 0 Å². The maximum atomic E-state index is 11.7. The number of thiazole rings is 1. The lowest BCUT2D eigenvalue weighted by Gasteiger charge is -2.23. The molecule has 0 aliphatic carbocycles. The zero-order chi connectivity index (χ0) is 13.8. The van der Waals surface area contributed by atoms with Gasteiger partial charge >= 0.3 is 6.03 Å². The first-order valence-corrected chi connectivity index (χ1v) is 7.64. The van der Waals surface area contributed by atoms with Gasteiger partial charge < -0.3 is 15.2 Å². The number of amides is 2. The van der Waals surface area contributed by atoms with Crippen LogP contribution in [0.3, 0.4) is 0 Å². The molecule has 0 bridgehead atoms. The van der Waals surface area contributed by atoms with Gasteiger partial charge in [-0.3, -0.25) is 0 Å². The number of hydrogen-bond donors (Lipinski definition) is 2. The summed E-state index contributed by atoms with van der Waals surface area (Å²) in [6.45, 7) is 2.11. The molecule has 3 rings (SSSR count). The van der Waals surface area contributed by atoms with Crippen molar-refractivity contribution in [2.45, 2.75) is 25.9 Å². The molecule has 2 amide bonds. The van der Waals surface area contributed by atoms with E-state index in [1.54, 1.807) is 5.51 Å². The normalized spacial score (nSPS) is 17.5. The fourth-order valence-electron chi connectivity index (χ4n) is 2.40. The van der Waals surface area contributed by atoms with Crippen molar-refractivity contribution in [2.75, 3.05) is 6.54 Å². The standard InChI is InChI=1S/C13H17N5OS/c19-13(16-6-11-8-20-9-17-11)15-5-10-1-2-12-14-3-4-18(12)7-10/h3-4,8-10H,1-2,5-7H2,(H2,15,16,19)/t10-/m1/s1. The van der Waals surface area contributed by atoms with Gasteiger partial charge in [0.25, 0.3) is 0 Å². The van der Waals surface area contributed by atoms with Crippen LogP contribution < -0.4 is 10.6 Å². The van der Waals surface area contributed by atoms with Gasteiger partial charge in [0.1, 0.15) is 5.82 Å². The lowest BCUT2D eigenvalue weighted by Crippen LogP contribution is -2.39. The average molecular weight is 291 g/mol. The van der Waals surface area contributed by atoms with Gasteiger partial charge in [0, 0.05) is 37.3 Å². The largest absolute Gasteiger partial charge is 0.338 e. The Morgan fingerprint density at radius 1 is 1.45 bits per heavy atom. The molecule has 106 valence electrons. The van der Waals surface area contributed by atoms with E-state index in [2.05, 4.69) is 25.2 Å². The van der Waals surface area contributed by atoms with Crippen LogP contribution in [0.1, 0.15) is 17.9 Å². The van der Waals surface area contributed by atoms with Crippen molar-refractivity contribution in [2.24, 2.45) is 5.92 Å². The minimum Gasteiger partial charge on any atom is -0.338 e. The topological polar surface area (TPSA) is 71.8 Å². The molecule has 2 aromatic rings. The third-order valence-corrected chi connectivity index (χ3v) is 4.13. The van der Waals surface area contributed by atoms with Gasteiger partial charge in [-0.25, -0.2) is 14.8 Å². The summed E-state index contributed by atoms with van der Waals surface area (Å²) in [6.07, 6.45) is 5.90. The van der Waals surface area contributed by atoms with Crippen molar-refractivity contribution >= 4 is 17.4 Å². The smallest absolute Gasteiger partial charge is 0.315 e. The Kier molecular flexibility index (Phi) is 3.96. The van der Waals surface area contributed by atoms with E-state index in [0.29, 0.717) is 19.0 Å². The number of aromatic nitrogens is 3. The number of imidazole rings is 1. The summed E-state index contributed by atoms with van der Waals surface area (Å²) in [5.41, 5.74) is 2.66. The van der Waals surface area contributed by atoms with Crippen LogP contribution >= 0.6 is 11.3 Å². The number of aryl methyl sites for hydroxylation is 1. The van der Waals surface area contributed by atoms with Crippen molar-refractivity contribution in [1.82, 2.24) is 25.2 Å². The fraction of sp³-hybridized carbons (Fsp3) is 0.462. The summed E-state index contributed by atoms with van der Waals surface area (Å²) in [7, 11) is 0. The lowest BCUT2D eigenvalue weighted by atomic mass is 9.99. The molecule has 0 spiro atoms. The van der Waals surface area contributed by atoms with Crippen LogP contribution in [0.15, 0.2) is 23.3 Å². The van der Waals surface area contributed by atoms with E-state index >= 15 is 0 Å². The minimum absolute atomic E-state index is 0.130. The second kappa shape index (κ2) is 6.04. The Labute approximate surface area is 121 Å². The van der Waals surface area contributed by atoms with E-state index in [9.17, 15) is 4.79 Å². The number of nitrogens with one attached hydrogen (secondary N) is 2. The van der Waals surface area contributed by atoms with E-state index < -0.39 is 0 Å². The van der Waals surface area contributed by atoms with Gasteiger partial charge in [-0.05, 0) is 12.3 Å². The minimum atomic E-state index is -0.130. The number of carbonyl (C=O) groups is 1. The summed E-state index contributed by atoms with van der Waals surface area (Å²) in [4.78, 5) is 20.1. The quantitative estimate of drug-likeness (QED) is 0.894. The van der Waals surface area contributed by atoms with Crippen LogP contribution in [-0.4, -0.2) is 27.1 Å². The molecule has 7 heteroatoms. The van der Waals surface area contributed by atoms with E-state index in [-0.39, 0.29) is 6.03 Å². The Morgan fingerprint density at radius 2 is 2.40 bits per heavy atom. The van der Waals surface area contributed by atoms with Crippen LogP contribution in [0.25, 0.3) is 0 Å². The maximum absolute atomic E-state index is 11.7. The SMILES string of the molecule is O=C(NCc1cscn1)NC[C@H]1CCc2nccn2C1. The first kappa shape index (κ1) is 13.1. The van der Waals surface area contributed by atoms with Crippen LogP contribution in [0.2, 0.25) is 0 Å². The highest BCUT2D eigenvalue weighted by atomic mass is 32.1. The maximum Gasteiger partial charge on any atom is 0.315 e. The van der Waals surface area contributed by atoms with Crippen molar-refractivity contribution in [3.8, 4) is 0 Å². The van der Waals surface area contributed by atoms with Gasteiger partial charge in [-0.15, -0.1) is 11.3 Å². The zero-order valence-corrected chi connectivity index (χ0v) is 11.9. The summed E-state index contributed by atoms with van der Waals surface area (Å²) >= 11 is 1.53. The molecule has 6 nitrogen and oxygen atoms in total. The summed E-state index contributed by atoms with van der Waals surface area (Å²) < 4.78 is 2.17. The Balaban J connectivity index is 1.40. The van der Waals surface area contributed by atoms with Crippen LogP contribution in [0, 0.1) is 5.92 Å². The third kappa shape index (κ3) is 3.16. The van der Waals surface area contributed by atoms with Crippen LogP contribution in [0.5, 0.6) is 0 Å². The predicted molar refractivity (Wildman–Crippen MR) is 76.4 cm³/mol. The Bertz CT molecular complexity index is 565. The summed E-state index contributed by atoms with van der Waals surface area (Å²) in [5.74, 6) is 1.62. The molecule has 2 N–H and O–H groups in total. The Hall–Kier alpha value is -1.89. The van der Waals surface area contributed by atoms with E-state index in [0.717, 1.165) is 30.9 Å². The fourth-order valence-corrected chi connectivity index (χ4v) is 2.96. The van der Waals surface area contributed by atoms with Crippen molar-refractivity contribution in [1.29, 1.82) is 0 Å². The summed E-state index contributed by atoms with van der Waals surface area (Å²) in [6, 6.07) is -0.130. The third-order valence-electron chi connectivity index (χ3n) is 3.50. The molecule has 3 heterocycles. The number of rotatable bonds is 4. The van der Waals surface area contributed by atoms with Gasteiger partial charge in [0.05, 0.1) is 17.7 Å². The molecule has 0 aromatic carbocycles.